The van der Waals surface area contributed by atoms with Crippen molar-refractivity contribution in [3.63, 3.8) is 0 Å². The summed E-state index contributed by atoms with van der Waals surface area (Å²) in [6, 6.07) is 9.48. The molecule has 3 heterocycles. The van der Waals surface area contributed by atoms with Crippen molar-refractivity contribution in [2.45, 2.75) is 4.90 Å². The van der Waals surface area contributed by atoms with E-state index in [4.69, 9.17) is 0 Å². The first kappa shape index (κ1) is 17.8. The van der Waals surface area contributed by atoms with Crippen LogP contribution in [0.1, 0.15) is 10.5 Å². The number of fused-ring (bicyclic) bond motifs is 1. The van der Waals surface area contributed by atoms with Crippen molar-refractivity contribution in [2.24, 2.45) is 0 Å². The number of pyridine rings is 1. The number of nitrogens with zero attached hydrogens (tertiary/aromatic N) is 5. The normalized spacial score (nSPS) is 15.9. The Morgan fingerprint density at radius 1 is 1.07 bits per heavy atom. The molecule has 1 aliphatic heterocycles. The number of aromatic nitrogens is 3. The highest BCUT2D eigenvalue weighted by Gasteiger charge is 2.33. The van der Waals surface area contributed by atoms with Crippen molar-refractivity contribution in [3.05, 3.63) is 53.5 Å². The molecule has 11 heteroatoms. The van der Waals surface area contributed by atoms with Gasteiger partial charge in [0, 0.05) is 38.3 Å². The van der Waals surface area contributed by atoms with Crippen LogP contribution in [0.5, 0.6) is 0 Å². The third kappa shape index (κ3) is 3.13. The van der Waals surface area contributed by atoms with Crippen LogP contribution in [0, 0.1) is 5.21 Å². The SMILES string of the molecule is O=C(c1cccc[n+]1[O-])N1CCN(S(=O)(=O)c2cccc3nsnc23)CC1. The van der Waals surface area contributed by atoms with Crippen molar-refractivity contribution in [2.75, 3.05) is 26.2 Å². The second kappa shape index (κ2) is 6.83. The lowest BCUT2D eigenvalue weighted by Crippen LogP contribution is -2.52. The quantitative estimate of drug-likeness (QED) is 0.463. The Labute approximate surface area is 159 Å². The van der Waals surface area contributed by atoms with Gasteiger partial charge in [-0.2, -0.15) is 17.8 Å². The number of hydrogen-bond donors (Lipinski definition) is 0. The fourth-order valence-electron chi connectivity index (χ4n) is 3.02. The van der Waals surface area contributed by atoms with Crippen LogP contribution >= 0.6 is 11.7 Å². The van der Waals surface area contributed by atoms with Gasteiger partial charge < -0.3 is 10.1 Å². The molecule has 4 rings (SSSR count). The molecule has 0 atom stereocenters. The molecule has 3 aromatic rings. The maximum Gasteiger partial charge on any atom is 0.320 e. The Hall–Kier alpha value is -2.63. The Morgan fingerprint density at radius 3 is 2.59 bits per heavy atom. The van der Waals surface area contributed by atoms with E-state index in [1.54, 1.807) is 24.3 Å². The lowest BCUT2D eigenvalue weighted by molar-refractivity contribution is -0.608. The summed E-state index contributed by atoms with van der Waals surface area (Å²) >= 11 is 0.965. The smallest absolute Gasteiger partial charge is 0.320 e. The number of hydrogen-bond acceptors (Lipinski definition) is 7. The van der Waals surface area contributed by atoms with Gasteiger partial charge in [0.05, 0.1) is 11.7 Å². The molecule has 1 amide bonds. The highest BCUT2D eigenvalue weighted by atomic mass is 32.2. The fraction of sp³-hybridized carbons (Fsp3) is 0.250. The van der Waals surface area contributed by atoms with Crippen molar-refractivity contribution in [3.8, 4) is 0 Å². The van der Waals surface area contributed by atoms with Crippen LogP contribution in [0.3, 0.4) is 0 Å². The number of rotatable bonds is 3. The van der Waals surface area contributed by atoms with Crippen LogP contribution in [-0.2, 0) is 10.0 Å². The monoisotopic (exact) mass is 405 g/mol. The van der Waals surface area contributed by atoms with Gasteiger partial charge in [-0.1, -0.05) is 6.07 Å². The topological polar surface area (TPSA) is 110 Å². The highest BCUT2D eigenvalue weighted by Crippen LogP contribution is 2.25. The van der Waals surface area contributed by atoms with E-state index in [0.29, 0.717) is 15.8 Å². The van der Waals surface area contributed by atoms with Gasteiger partial charge in [-0.3, -0.25) is 4.79 Å². The van der Waals surface area contributed by atoms with E-state index in [1.165, 1.54) is 27.5 Å². The van der Waals surface area contributed by atoms with E-state index in [9.17, 15) is 18.4 Å². The Balaban J connectivity index is 1.53. The van der Waals surface area contributed by atoms with Crippen LogP contribution in [0.25, 0.3) is 11.0 Å². The summed E-state index contributed by atoms with van der Waals surface area (Å²) < 4.78 is 36.0. The zero-order valence-electron chi connectivity index (χ0n) is 14.1. The van der Waals surface area contributed by atoms with Crippen molar-refractivity contribution in [1.29, 1.82) is 0 Å². The van der Waals surface area contributed by atoms with Crippen LogP contribution < -0.4 is 4.73 Å². The van der Waals surface area contributed by atoms with E-state index in [2.05, 4.69) is 8.75 Å². The van der Waals surface area contributed by atoms with Gasteiger partial charge in [0.2, 0.25) is 10.0 Å². The molecule has 140 valence electrons. The van der Waals surface area contributed by atoms with E-state index in [0.717, 1.165) is 11.7 Å². The third-order valence-electron chi connectivity index (χ3n) is 4.44. The lowest BCUT2D eigenvalue weighted by Gasteiger charge is -2.33. The first-order chi connectivity index (χ1) is 13.0. The first-order valence-electron chi connectivity index (χ1n) is 8.17. The second-order valence-corrected chi connectivity index (χ2v) is 8.43. The van der Waals surface area contributed by atoms with Crippen LogP contribution in [0.15, 0.2) is 47.5 Å². The average molecular weight is 405 g/mol. The molecule has 0 aliphatic carbocycles. The largest absolute Gasteiger partial charge is 0.618 e. The summed E-state index contributed by atoms with van der Waals surface area (Å²) in [5, 5.41) is 11.8. The molecule has 0 radical (unpaired) electrons. The van der Waals surface area contributed by atoms with Gasteiger partial charge in [-0.05, 0) is 18.2 Å². The predicted molar refractivity (Wildman–Crippen MR) is 97.5 cm³/mol. The molecule has 2 aromatic heterocycles. The van der Waals surface area contributed by atoms with E-state index >= 15 is 0 Å². The Kier molecular flexibility index (Phi) is 4.50. The highest BCUT2D eigenvalue weighted by molar-refractivity contribution is 7.89. The summed E-state index contributed by atoms with van der Waals surface area (Å²) in [7, 11) is -3.75. The molecular weight excluding hydrogens is 390 g/mol. The summed E-state index contributed by atoms with van der Waals surface area (Å²) in [6.07, 6.45) is 1.26. The van der Waals surface area contributed by atoms with Crippen molar-refractivity contribution >= 4 is 38.7 Å². The summed E-state index contributed by atoms with van der Waals surface area (Å²) in [6.45, 7) is 0.706. The summed E-state index contributed by atoms with van der Waals surface area (Å²) in [5.41, 5.74) is 0.920. The number of carbonyl (C=O) groups is 1. The Morgan fingerprint density at radius 2 is 1.85 bits per heavy atom. The van der Waals surface area contributed by atoms with Gasteiger partial charge >= 0.3 is 5.91 Å². The third-order valence-corrected chi connectivity index (χ3v) is 6.91. The maximum absolute atomic E-state index is 13.0. The molecule has 1 aromatic carbocycles. The van der Waals surface area contributed by atoms with Gasteiger partial charge in [0.1, 0.15) is 15.9 Å². The molecule has 0 N–H and O–H groups in total. The maximum atomic E-state index is 13.0. The van der Waals surface area contributed by atoms with Gasteiger partial charge in [-0.25, -0.2) is 8.42 Å². The predicted octanol–water partition coefficient (Wildman–Crippen LogP) is 0.471. The molecule has 1 fully saturated rings. The zero-order chi connectivity index (χ0) is 19.0. The van der Waals surface area contributed by atoms with Crippen LogP contribution in [0.4, 0.5) is 0 Å². The summed E-state index contributed by atoms with van der Waals surface area (Å²) in [5.74, 6) is -0.409. The van der Waals surface area contributed by atoms with Crippen molar-refractivity contribution < 1.29 is 17.9 Å². The average Bonchev–Trinajstić information content (AvgIpc) is 3.16. The lowest BCUT2D eigenvalue weighted by atomic mass is 10.3. The van der Waals surface area contributed by atoms with Gasteiger partial charge in [0.25, 0.3) is 5.69 Å². The number of benzene rings is 1. The second-order valence-electron chi connectivity index (χ2n) is 6.00. The van der Waals surface area contributed by atoms with E-state index in [-0.39, 0.29) is 36.8 Å². The fourth-order valence-corrected chi connectivity index (χ4v) is 5.19. The molecule has 9 nitrogen and oxygen atoms in total. The molecule has 0 unspecified atom stereocenters. The molecule has 27 heavy (non-hydrogen) atoms. The Bertz CT molecular complexity index is 1110. The number of piperazine rings is 1. The molecule has 0 bridgehead atoms. The molecular formula is C16H15N5O4S2. The minimum absolute atomic E-state index is 0.0205. The number of amides is 1. The number of carbonyl (C=O) groups excluding carboxylic acids is 1. The first-order valence-corrected chi connectivity index (χ1v) is 10.3. The number of sulfonamides is 1. The minimum atomic E-state index is -3.75. The summed E-state index contributed by atoms with van der Waals surface area (Å²) in [4.78, 5) is 14.1. The molecule has 0 spiro atoms. The van der Waals surface area contributed by atoms with Crippen molar-refractivity contribution in [1.82, 2.24) is 18.0 Å². The van der Waals surface area contributed by atoms with Gasteiger partial charge in [-0.15, -0.1) is 0 Å². The molecule has 0 saturated carbocycles. The van der Waals surface area contributed by atoms with E-state index < -0.39 is 15.9 Å². The van der Waals surface area contributed by atoms with E-state index in [1.807, 2.05) is 0 Å². The van der Waals surface area contributed by atoms with Crippen LogP contribution in [0.2, 0.25) is 0 Å². The standard InChI is InChI=1S/C16H15N5O4S2/c22-16(13-5-1-2-7-21(13)23)19-8-10-20(11-9-19)27(24,25)14-6-3-4-12-15(14)18-26-17-12/h1-7H,8-11H2. The zero-order valence-corrected chi connectivity index (χ0v) is 15.7. The minimum Gasteiger partial charge on any atom is -0.618 e. The van der Waals surface area contributed by atoms with Gasteiger partial charge in [0.15, 0.2) is 6.20 Å². The van der Waals surface area contributed by atoms with Crippen LogP contribution in [-0.4, -0.2) is 58.5 Å². The molecule has 1 aliphatic rings. The molecule has 1 saturated heterocycles.